The van der Waals surface area contributed by atoms with Gasteiger partial charge in [0.1, 0.15) is 18.1 Å². The number of likely N-dealkylation sites (tertiary alicyclic amines) is 1. The van der Waals surface area contributed by atoms with Gasteiger partial charge in [-0.25, -0.2) is 0 Å². The molecule has 32 heavy (non-hydrogen) atoms. The van der Waals surface area contributed by atoms with Crippen molar-refractivity contribution >= 4 is 11.1 Å². The van der Waals surface area contributed by atoms with Crippen LogP contribution in [0.2, 0.25) is 0 Å². The van der Waals surface area contributed by atoms with Gasteiger partial charge in [-0.05, 0) is 96.4 Å². The van der Waals surface area contributed by atoms with Crippen LogP contribution in [-0.2, 0) is 6.42 Å². The Morgan fingerprint density at radius 3 is 2.34 bits per heavy atom. The van der Waals surface area contributed by atoms with E-state index in [0.717, 1.165) is 31.7 Å². The van der Waals surface area contributed by atoms with Gasteiger partial charge in [0.15, 0.2) is 0 Å². The van der Waals surface area contributed by atoms with Crippen LogP contribution in [0.1, 0.15) is 47.9 Å². The Morgan fingerprint density at radius 1 is 0.781 bits per heavy atom. The highest BCUT2D eigenvalue weighted by atomic mass is 16.5. The quantitative estimate of drug-likeness (QED) is 0.513. The summed E-state index contributed by atoms with van der Waals surface area (Å²) in [6.07, 6.45) is 5.89. The Labute approximate surface area is 191 Å². The van der Waals surface area contributed by atoms with Gasteiger partial charge in [-0.1, -0.05) is 55.0 Å². The van der Waals surface area contributed by atoms with Crippen molar-refractivity contribution in [3.8, 4) is 11.5 Å². The van der Waals surface area contributed by atoms with Crippen LogP contribution in [0.4, 0.5) is 0 Å². The molecule has 0 amide bonds. The molecule has 164 valence electrons. The number of hydrogen-bond donors (Lipinski definition) is 1. The summed E-state index contributed by atoms with van der Waals surface area (Å²) in [5.41, 5.74) is 7.51. The van der Waals surface area contributed by atoms with E-state index in [2.05, 4.69) is 65.6 Å². The van der Waals surface area contributed by atoms with E-state index in [4.69, 9.17) is 4.74 Å². The summed E-state index contributed by atoms with van der Waals surface area (Å²) in [4.78, 5) is 2.50. The number of allylic oxidation sites excluding steroid dienone is 1. The second-order valence-corrected chi connectivity index (χ2v) is 8.84. The minimum atomic E-state index is 0.337. The first kappa shape index (κ1) is 20.8. The highest BCUT2D eigenvalue weighted by Crippen LogP contribution is 2.41. The average molecular weight is 426 g/mol. The van der Waals surface area contributed by atoms with E-state index >= 15 is 0 Å². The van der Waals surface area contributed by atoms with Crippen LogP contribution in [0.25, 0.3) is 11.1 Å². The number of benzene rings is 3. The molecule has 3 heteroatoms. The van der Waals surface area contributed by atoms with E-state index in [-0.39, 0.29) is 0 Å². The lowest BCUT2D eigenvalue weighted by atomic mass is 9.79. The fraction of sp³-hybridized carbons (Fsp3) is 0.310. The summed E-state index contributed by atoms with van der Waals surface area (Å²) in [5, 5.41) is 10.0. The second-order valence-electron chi connectivity index (χ2n) is 8.84. The maximum atomic E-state index is 10.0. The van der Waals surface area contributed by atoms with Crippen molar-refractivity contribution in [2.75, 3.05) is 26.2 Å². The first-order valence-electron chi connectivity index (χ1n) is 11.8. The molecule has 0 spiro atoms. The normalized spacial score (nSPS) is 16.6. The van der Waals surface area contributed by atoms with Crippen LogP contribution in [0, 0.1) is 0 Å². The smallest absolute Gasteiger partial charge is 0.119 e. The molecule has 5 rings (SSSR count). The minimum absolute atomic E-state index is 0.337. The number of hydrogen-bond acceptors (Lipinski definition) is 3. The number of aryl methyl sites for hydroxylation is 1. The number of aromatic hydroxyl groups is 1. The monoisotopic (exact) mass is 425 g/mol. The van der Waals surface area contributed by atoms with Crippen LogP contribution in [0.15, 0.2) is 72.8 Å². The number of fused-ring (bicyclic) bond motifs is 1. The summed E-state index contributed by atoms with van der Waals surface area (Å²) >= 11 is 0. The predicted molar refractivity (Wildman–Crippen MR) is 131 cm³/mol. The van der Waals surface area contributed by atoms with Gasteiger partial charge in [-0.3, -0.25) is 4.90 Å². The van der Waals surface area contributed by atoms with Crippen molar-refractivity contribution in [3.63, 3.8) is 0 Å². The molecule has 1 fully saturated rings. The Kier molecular flexibility index (Phi) is 6.27. The van der Waals surface area contributed by atoms with Gasteiger partial charge in [0, 0.05) is 6.54 Å². The number of nitrogens with zero attached hydrogens (tertiary/aromatic N) is 1. The van der Waals surface area contributed by atoms with Crippen molar-refractivity contribution in [2.45, 2.75) is 32.1 Å². The van der Waals surface area contributed by atoms with E-state index in [1.807, 2.05) is 6.07 Å². The van der Waals surface area contributed by atoms with Crippen LogP contribution in [0.3, 0.4) is 0 Å². The van der Waals surface area contributed by atoms with Crippen LogP contribution in [-0.4, -0.2) is 36.2 Å². The molecule has 1 saturated heterocycles. The second kappa shape index (κ2) is 9.62. The van der Waals surface area contributed by atoms with Gasteiger partial charge in [0.05, 0.1) is 0 Å². The minimum Gasteiger partial charge on any atom is -0.508 e. The third-order valence-electron chi connectivity index (χ3n) is 6.69. The first-order valence-corrected chi connectivity index (χ1v) is 11.8. The maximum Gasteiger partial charge on any atom is 0.119 e. The molecule has 1 heterocycles. The molecule has 0 saturated carbocycles. The van der Waals surface area contributed by atoms with Crippen molar-refractivity contribution in [3.05, 3.63) is 95.1 Å². The van der Waals surface area contributed by atoms with Crippen LogP contribution < -0.4 is 4.74 Å². The Balaban J connectivity index is 1.41. The highest BCUT2D eigenvalue weighted by molar-refractivity contribution is 6.00. The van der Waals surface area contributed by atoms with E-state index in [0.29, 0.717) is 5.75 Å². The van der Waals surface area contributed by atoms with E-state index < -0.39 is 0 Å². The fourth-order valence-corrected chi connectivity index (χ4v) is 5.03. The highest BCUT2D eigenvalue weighted by Gasteiger charge is 2.22. The van der Waals surface area contributed by atoms with Gasteiger partial charge in [0.25, 0.3) is 0 Å². The molecule has 0 atom stereocenters. The average Bonchev–Trinajstić information content (AvgIpc) is 2.85. The summed E-state index contributed by atoms with van der Waals surface area (Å²) < 4.78 is 6.06. The molecule has 0 radical (unpaired) electrons. The molecule has 1 aliphatic carbocycles. The molecule has 1 N–H and O–H groups in total. The Hall–Kier alpha value is -3.04. The van der Waals surface area contributed by atoms with E-state index in [1.165, 1.54) is 65.8 Å². The number of rotatable bonds is 6. The molecule has 3 aromatic carbocycles. The molecule has 0 unspecified atom stereocenters. The molecule has 0 bridgehead atoms. The maximum absolute atomic E-state index is 10.0. The van der Waals surface area contributed by atoms with Gasteiger partial charge in [0.2, 0.25) is 0 Å². The summed E-state index contributed by atoms with van der Waals surface area (Å²) in [6.45, 7) is 4.14. The largest absolute Gasteiger partial charge is 0.508 e. The van der Waals surface area contributed by atoms with Crippen molar-refractivity contribution in [1.29, 1.82) is 0 Å². The lowest BCUT2D eigenvalue weighted by Crippen LogP contribution is -2.33. The number of ether oxygens (including phenoxy) is 1. The molecule has 3 nitrogen and oxygen atoms in total. The summed E-state index contributed by atoms with van der Waals surface area (Å²) in [7, 11) is 0. The van der Waals surface area contributed by atoms with Crippen molar-refractivity contribution in [1.82, 2.24) is 4.90 Å². The topological polar surface area (TPSA) is 32.7 Å². The molecule has 1 aliphatic heterocycles. The molecule has 2 aliphatic rings. The Bertz CT molecular complexity index is 1080. The first-order chi connectivity index (χ1) is 15.8. The fourth-order valence-electron chi connectivity index (χ4n) is 5.03. The SMILES string of the molecule is Oc1ccc2c(c1)CCC(c1ccccc1)=C2c1ccc(OCCN2CCCCC2)cc1. The number of phenols is 1. The standard InChI is InChI=1S/C29H31NO2/c31-25-12-16-28-24(21-25)11-15-27(22-7-3-1-4-8-22)29(28)23-9-13-26(14-10-23)32-20-19-30-17-5-2-6-18-30/h1,3-4,7-10,12-14,16,21,31H,2,5-6,11,15,17-20H2. The van der Waals surface area contributed by atoms with E-state index in [1.54, 1.807) is 6.07 Å². The molecular formula is C29H31NO2. The van der Waals surface area contributed by atoms with Gasteiger partial charge in [-0.15, -0.1) is 0 Å². The lowest BCUT2D eigenvalue weighted by Gasteiger charge is -2.26. The van der Waals surface area contributed by atoms with Crippen LogP contribution in [0.5, 0.6) is 11.5 Å². The van der Waals surface area contributed by atoms with Gasteiger partial charge >= 0.3 is 0 Å². The van der Waals surface area contributed by atoms with Crippen molar-refractivity contribution in [2.24, 2.45) is 0 Å². The van der Waals surface area contributed by atoms with Crippen LogP contribution >= 0.6 is 0 Å². The molecule has 0 aromatic heterocycles. The molecular weight excluding hydrogens is 394 g/mol. The summed E-state index contributed by atoms with van der Waals surface area (Å²) in [5.74, 6) is 1.26. The van der Waals surface area contributed by atoms with Crippen molar-refractivity contribution < 1.29 is 9.84 Å². The Morgan fingerprint density at radius 2 is 1.56 bits per heavy atom. The third kappa shape index (κ3) is 4.58. The predicted octanol–water partition coefficient (Wildman–Crippen LogP) is 6.16. The number of phenolic OH excluding ortho intramolecular Hbond substituents is 1. The zero-order valence-corrected chi connectivity index (χ0v) is 18.6. The zero-order chi connectivity index (χ0) is 21.8. The van der Waals surface area contributed by atoms with Gasteiger partial charge < -0.3 is 9.84 Å². The lowest BCUT2D eigenvalue weighted by molar-refractivity contribution is 0.183. The molecule has 3 aromatic rings. The van der Waals surface area contributed by atoms with E-state index in [9.17, 15) is 5.11 Å². The number of piperidine rings is 1. The summed E-state index contributed by atoms with van der Waals surface area (Å²) in [6, 6.07) is 25.0. The zero-order valence-electron chi connectivity index (χ0n) is 18.6. The third-order valence-corrected chi connectivity index (χ3v) is 6.69. The van der Waals surface area contributed by atoms with Gasteiger partial charge in [-0.2, -0.15) is 0 Å².